The number of likely N-dealkylation sites (tertiary alicyclic amines) is 1. The molecule has 5 atom stereocenters. The first-order chi connectivity index (χ1) is 17.3. The highest BCUT2D eigenvalue weighted by Gasteiger charge is 2.70. The van der Waals surface area contributed by atoms with Gasteiger partial charge in [-0.3, -0.25) is 24.0 Å². The largest absolute Gasteiger partial charge is 0.347 e. The summed E-state index contributed by atoms with van der Waals surface area (Å²) in [5.74, 6) is -1.48. The van der Waals surface area contributed by atoms with Crippen molar-refractivity contribution in [3.05, 3.63) is 0 Å². The third-order valence-electron chi connectivity index (χ3n) is 9.14. The van der Waals surface area contributed by atoms with Crippen molar-refractivity contribution < 1.29 is 24.0 Å². The van der Waals surface area contributed by atoms with Gasteiger partial charge in [-0.1, -0.05) is 47.5 Å². The molecule has 3 N–H and O–H groups in total. The van der Waals surface area contributed by atoms with Crippen LogP contribution in [0, 0.1) is 34.5 Å². The van der Waals surface area contributed by atoms with E-state index in [0.717, 1.165) is 38.5 Å². The second-order valence-corrected chi connectivity index (χ2v) is 13.8. The SMILES string of the molecule is CC(C)(C)C(NC(=O)C1CC1)C(=O)N1C[C@H]2[C@@H]([C@H]1C(=O)NC(CC1CC1)C(=O)C(=O)NC1CC1)C2(C)C. The fraction of sp³-hybridized carbons (Fsp3) is 0.821. The molecular weight excluding hydrogens is 472 g/mol. The summed E-state index contributed by atoms with van der Waals surface area (Å²) in [5.41, 5.74) is -0.622. The van der Waals surface area contributed by atoms with E-state index in [2.05, 4.69) is 29.8 Å². The first-order valence-corrected chi connectivity index (χ1v) is 14.0. The minimum absolute atomic E-state index is 0.0202. The zero-order valence-electron chi connectivity index (χ0n) is 22.8. The number of ketones is 1. The van der Waals surface area contributed by atoms with Gasteiger partial charge in [0, 0.05) is 18.5 Å². The minimum Gasteiger partial charge on any atom is -0.347 e. The zero-order valence-corrected chi connectivity index (χ0v) is 22.8. The summed E-state index contributed by atoms with van der Waals surface area (Å²) >= 11 is 0. The fourth-order valence-corrected chi connectivity index (χ4v) is 6.05. The number of Topliss-reactive ketones (excluding diaryl/α,β-unsaturated/α-hetero) is 1. The minimum atomic E-state index is -0.885. The molecule has 5 fully saturated rings. The van der Waals surface area contributed by atoms with E-state index in [1.165, 1.54) is 0 Å². The molecule has 4 amide bonds. The summed E-state index contributed by atoms with van der Waals surface area (Å²) in [7, 11) is 0. The van der Waals surface area contributed by atoms with Crippen LogP contribution in [0.15, 0.2) is 0 Å². The van der Waals surface area contributed by atoms with Gasteiger partial charge >= 0.3 is 0 Å². The number of nitrogens with one attached hydrogen (secondary N) is 3. The number of hydrogen-bond acceptors (Lipinski definition) is 5. The van der Waals surface area contributed by atoms with Gasteiger partial charge in [-0.15, -0.1) is 0 Å². The Bertz CT molecular complexity index is 1000. The lowest BCUT2D eigenvalue weighted by atomic mass is 9.85. The molecule has 5 rings (SSSR count). The Morgan fingerprint density at radius 2 is 1.57 bits per heavy atom. The van der Waals surface area contributed by atoms with Crippen LogP contribution in [0.25, 0.3) is 0 Å². The summed E-state index contributed by atoms with van der Waals surface area (Å²) in [4.78, 5) is 67.5. The molecule has 1 aliphatic heterocycles. The molecule has 204 valence electrons. The number of rotatable bonds is 10. The number of carbonyl (C=O) groups is 5. The lowest BCUT2D eigenvalue weighted by molar-refractivity contribution is -0.146. The monoisotopic (exact) mass is 514 g/mol. The number of nitrogens with zero attached hydrogens (tertiary/aromatic N) is 1. The van der Waals surface area contributed by atoms with Gasteiger partial charge in [-0.25, -0.2) is 0 Å². The van der Waals surface area contributed by atoms with Crippen LogP contribution < -0.4 is 16.0 Å². The number of carbonyl (C=O) groups excluding carboxylic acids is 5. The molecule has 9 nitrogen and oxygen atoms in total. The number of amides is 4. The Morgan fingerprint density at radius 3 is 2.11 bits per heavy atom. The van der Waals surface area contributed by atoms with Crippen LogP contribution in [-0.4, -0.2) is 65.0 Å². The molecule has 0 aromatic carbocycles. The van der Waals surface area contributed by atoms with Gasteiger partial charge in [-0.2, -0.15) is 0 Å². The molecule has 1 heterocycles. The summed E-state index contributed by atoms with van der Waals surface area (Å²) in [6.45, 7) is 10.4. The van der Waals surface area contributed by atoms with Crippen LogP contribution in [-0.2, 0) is 24.0 Å². The highest BCUT2D eigenvalue weighted by atomic mass is 16.2. The average Bonchev–Trinajstić information content (AvgIpc) is 3.61. The van der Waals surface area contributed by atoms with Gasteiger partial charge in [0.05, 0.1) is 6.04 Å². The second-order valence-electron chi connectivity index (χ2n) is 13.8. The molecular formula is C28H42N4O5. The normalized spacial score (nSPS) is 29.5. The Hall–Kier alpha value is -2.45. The molecule has 0 radical (unpaired) electrons. The third-order valence-corrected chi connectivity index (χ3v) is 9.14. The highest BCUT2D eigenvalue weighted by molar-refractivity contribution is 6.38. The first kappa shape index (κ1) is 26.2. The molecule has 0 aromatic rings. The van der Waals surface area contributed by atoms with Gasteiger partial charge in [-0.05, 0) is 60.7 Å². The molecule has 0 bridgehead atoms. The predicted molar refractivity (Wildman–Crippen MR) is 136 cm³/mol. The molecule has 2 unspecified atom stereocenters. The standard InChI is InChI=1S/C28H42N4O5/c1-27(2,3)22(31-23(34)15-8-9-15)26(37)32-13-17-19(28(17,4)5)20(32)24(35)30-18(12-14-6-7-14)21(33)25(36)29-16-10-11-16/h14-20,22H,6-13H2,1-5H3,(H,29,36)(H,30,35)(H,31,34)/t17-,18?,19-,20-,22?/m0/s1. The number of piperidine rings is 1. The van der Waals surface area contributed by atoms with Crippen molar-refractivity contribution in [1.82, 2.24) is 20.9 Å². The second kappa shape index (κ2) is 9.09. The molecule has 4 aliphatic carbocycles. The number of hydrogen-bond donors (Lipinski definition) is 3. The van der Waals surface area contributed by atoms with E-state index in [0.29, 0.717) is 18.9 Å². The maximum absolute atomic E-state index is 13.9. The van der Waals surface area contributed by atoms with E-state index in [1.54, 1.807) is 4.90 Å². The molecule has 0 aromatic heterocycles. The van der Waals surface area contributed by atoms with Crippen molar-refractivity contribution >= 4 is 29.4 Å². The van der Waals surface area contributed by atoms with Crippen molar-refractivity contribution in [1.29, 1.82) is 0 Å². The quantitative estimate of drug-likeness (QED) is 0.382. The van der Waals surface area contributed by atoms with E-state index in [1.807, 2.05) is 20.8 Å². The molecule has 5 aliphatic rings. The lowest BCUT2D eigenvalue weighted by Crippen LogP contribution is -2.60. The van der Waals surface area contributed by atoms with Crippen molar-refractivity contribution in [2.75, 3.05) is 6.54 Å². The summed E-state index contributed by atoms with van der Waals surface area (Å²) in [6, 6.07) is -2.30. The van der Waals surface area contributed by atoms with E-state index < -0.39 is 35.2 Å². The van der Waals surface area contributed by atoms with Gasteiger partial charge in [0.1, 0.15) is 12.1 Å². The van der Waals surface area contributed by atoms with E-state index >= 15 is 0 Å². The van der Waals surface area contributed by atoms with E-state index in [-0.39, 0.29) is 46.9 Å². The van der Waals surface area contributed by atoms with Crippen LogP contribution in [0.2, 0.25) is 0 Å². The summed E-state index contributed by atoms with van der Waals surface area (Å²) < 4.78 is 0. The molecule has 4 saturated carbocycles. The van der Waals surface area contributed by atoms with Crippen LogP contribution in [0.4, 0.5) is 0 Å². The van der Waals surface area contributed by atoms with Crippen LogP contribution in [0.5, 0.6) is 0 Å². The van der Waals surface area contributed by atoms with Crippen molar-refractivity contribution in [3.63, 3.8) is 0 Å². The van der Waals surface area contributed by atoms with E-state index in [9.17, 15) is 24.0 Å². The maximum Gasteiger partial charge on any atom is 0.289 e. The van der Waals surface area contributed by atoms with Crippen molar-refractivity contribution in [2.24, 2.45) is 34.5 Å². The topological polar surface area (TPSA) is 125 Å². The lowest BCUT2D eigenvalue weighted by Gasteiger charge is -2.38. The first-order valence-electron chi connectivity index (χ1n) is 14.0. The van der Waals surface area contributed by atoms with Crippen LogP contribution >= 0.6 is 0 Å². The average molecular weight is 515 g/mol. The van der Waals surface area contributed by atoms with Crippen LogP contribution in [0.3, 0.4) is 0 Å². The fourth-order valence-electron chi connectivity index (χ4n) is 6.05. The third kappa shape index (κ3) is 5.41. The smallest absolute Gasteiger partial charge is 0.289 e. The Balaban J connectivity index is 1.33. The molecule has 1 saturated heterocycles. The van der Waals surface area contributed by atoms with Crippen molar-refractivity contribution in [2.45, 2.75) is 104 Å². The van der Waals surface area contributed by atoms with Gasteiger partial charge < -0.3 is 20.9 Å². The van der Waals surface area contributed by atoms with E-state index in [4.69, 9.17) is 0 Å². The Morgan fingerprint density at radius 1 is 0.919 bits per heavy atom. The maximum atomic E-state index is 13.9. The Kier molecular flexibility index (Phi) is 6.43. The Labute approximate surface area is 219 Å². The summed E-state index contributed by atoms with van der Waals surface area (Å²) in [6.07, 6.45) is 5.86. The van der Waals surface area contributed by atoms with Crippen molar-refractivity contribution in [3.8, 4) is 0 Å². The van der Waals surface area contributed by atoms with Gasteiger partial charge in [0.15, 0.2) is 0 Å². The zero-order chi connectivity index (χ0) is 26.9. The van der Waals surface area contributed by atoms with Gasteiger partial charge in [0.2, 0.25) is 23.5 Å². The highest BCUT2D eigenvalue weighted by Crippen LogP contribution is 2.65. The molecule has 9 heteroatoms. The number of fused-ring (bicyclic) bond motifs is 1. The predicted octanol–water partition coefficient (Wildman–Crippen LogP) is 1.54. The summed E-state index contributed by atoms with van der Waals surface area (Å²) in [5, 5.41) is 8.62. The molecule has 37 heavy (non-hydrogen) atoms. The molecule has 0 spiro atoms. The van der Waals surface area contributed by atoms with Crippen LogP contribution in [0.1, 0.15) is 79.6 Å². The van der Waals surface area contributed by atoms with Gasteiger partial charge in [0.25, 0.3) is 5.91 Å².